The van der Waals surface area contributed by atoms with E-state index >= 15 is 0 Å². The summed E-state index contributed by atoms with van der Waals surface area (Å²) < 4.78 is 13.4. The monoisotopic (exact) mass is 236 g/mol. The lowest BCUT2D eigenvalue weighted by molar-refractivity contribution is 0.589. The first kappa shape index (κ1) is 11.1. The molecule has 2 aromatic rings. The number of rotatable bonds is 4. The number of anilines is 1. The third-order valence-electron chi connectivity index (χ3n) is 2.27. The number of nitrogens with one attached hydrogen (secondary N) is 1. The number of halogens is 1. The van der Waals surface area contributed by atoms with Crippen molar-refractivity contribution in [1.82, 2.24) is 5.32 Å². The normalized spacial score (nSPS) is 10.6. The molecule has 0 aliphatic rings. The molecule has 0 saturated carbocycles. The summed E-state index contributed by atoms with van der Waals surface area (Å²) in [6.45, 7) is 1.28. The maximum atomic E-state index is 13.4. The molecule has 0 fully saturated rings. The van der Waals surface area contributed by atoms with E-state index in [2.05, 4.69) is 11.4 Å². The van der Waals surface area contributed by atoms with E-state index in [1.54, 1.807) is 23.5 Å². The lowest BCUT2D eigenvalue weighted by Crippen LogP contribution is -2.13. The van der Waals surface area contributed by atoms with Gasteiger partial charge in [-0.15, -0.1) is 11.3 Å². The van der Waals surface area contributed by atoms with Crippen LogP contribution in [0.3, 0.4) is 0 Å². The van der Waals surface area contributed by atoms with Gasteiger partial charge in [0.05, 0.1) is 0 Å². The highest BCUT2D eigenvalue weighted by Crippen LogP contribution is 2.12. The Morgan fingerprint density at radius 1 is 1.25 bits per heavy atom. The van der Waals surface area contributed by atoms with Crippen LogP contribution in [0.2, 0.25) is 0 Å². The van der Waals surface area contributed by atoms with Crippen molar-refractivity contribution >= 4 is 17.0 Å². The summed E-state index contributed by atoms with van der Waals surface area (Å²) in [5.74, 6) is -0.251. The van der Waals surface area contributed by atoms with Gasteiger partial charge in [0.2, 0.25) is 0 Å². The molecule has 4 heteroatoms. The van der Waals surface area contributed by atoms with Gasteiger partial charge < -0.3 is 11.1 Å². The van der Waals surface area contributed by atoms with Gasteiger partial charge in [-0.2, -0.15) is 0 Å². The van der Waals surface area contributed by atoms with Gasteiger partial charge in [0.25, 0.3) is 0 Å². The van der Waals surface area contributed by atoms with E-state index in [9.17, 15) is 4.39 Å². The van der Waals surface area contributed by atoms with Crippen LogP contribution in [0.1, 0.15) is 10.4 Å². The first-order valence-electron chi connectivity index (χ1n) is 5.03. The highest BCUT2D eigenvalue weighted by molar-refractivity contribution is 7.09. The van der Waals surface area contributed by atoms with E-state index in [0.29, 0.717) is 17.8 Å². The van der Waals surface area contributed by atoms with Crippen molar-refractivity contribution in [2.45, 2.75) is 13.1 Å². The molecule has 1 aromatic heterocycles. The SMILES string of the molecule is Nc1ccc(CNCc2cccs2)c(F)c1. The number of benzene rings is 1. The fourth-order valence-electron chi connectivity index (χ4n) is 1.44. The highest BCUT2D eigenvalue weighted by Gasteiger charge is 2.02. The molecule has 0 aliphatic heterocycles. The Balaban J connectivity index is 1.90. The first-order chi connectivity index (χ1) is 7.75. The van der Waals surface area contributed by atoms with E-state index in [1.807, 2.05) is 11.4 Å². The van der Waals surface area contributed by atoms with Crippen LogP contribution < -0.4 is 11.1 Å². The number of hydrogen-bond acceptors (Lipinski definition) is 3. The van der Waals surface area contributed by atoms with Crippen LogP contribution in [0.15, 0.2) is 35.7 Å². The number of hydrogen-bond donors (Lipinski definition) is 2. The van der Waals surface area contributed by atoms with Crippen LogP contribution >= 0.6 is 11.3 Å². The summed E-state index contributed by atoms with van der Waals surface area (Å²) in [6.07, 6.45) is 0. The van der Waals surface area contributed by atoms with Crippen LogP contribution in [0, 0.1) is 5.82 Å². The minimum absolute atomic E-state index is 0.251. The van der Waals surface area contributed by atoms with E-state index in [1.165, 1.54) is 10.9 Å². The van der Waals surface area contributed by atoms with Gasteiger partial charge in [-0.25, -0.2) is 4.39 Å². The van der Waals surface area contributed by atoms with E-state index in [4.69, 9.17) is 5.73 Å². The number of nitrogens with two attached hydrogens (primary N) is 1. The van der Waals surface area contributed by atoms with Gasteiger partial charge in [0.1, 0.15) is 5.82 Å². The second-order valence-corrected chi connectivity index (χ2v) is 4.57. The average molecular weight is 236 g/mol. The van der Waals surface area contributed by atoms with Gasteiger partial charge >= 0.3 is 0 Å². The summed E-state index contributed by atoms with van der Waals surface area (Å²) in [4.78, 5) is 1.25. The van der Waals surface area contributed by atoms with Crippen molar-refractivity contribution in [3.8, 4) is 0 Å². The average Bonchev–Trinajstić information content (AvgIpc) is 2.74. The van der Waals surface area contributed by atoms with Crippen LogP contribution in [-0.4, -0.2) is 0 Å². The largest absolute Gasteiger partial charge is 0.399 e. The van der Waals surface area contributed by atoms with Crippen molar-refractivity contribution in [3.05, 3.63) is 52.0 Å². The minimum atomic E-state index is -0.251. The summed E-state index contributed by atoms with van der Waals surface area (Å²) in [5, 5.41) is 5.22. The van der Waals surface area contributed by atoms with Crippen molar-refractivity contribution in [3.63, 3.8) is 0 Å². The molecule has 16 heavy (non-hydrogen) atoms. The number of nitrogen functional groups attached to an aromatic ring is 1. The molecule has 1 aromatic carbocycles. The van der Waals surface area contributed by atoms with Crippen LogP contribution in [-0.2, 0) is 13.1 Å². The maximum Gasteiger partial charge on any atom is 0.129 e. The van der Waals surface area contributed by atoms with Crippen LogP contribution in [0.5, 0.6) is 0 Å². The Bertz CT molecular complexity index is 454. The van der Waals surface area contributed by atoms with E-state index < -0.39 is 0 Å². The third kappa shape index (κ3) is 2.81. The lowest BCUT2D eigenvalue weighted by atomic mass is 10.2. The molecule has 0 radical (unpaired) electrons. The Hall–Kier alpha value is -1.39. The van der Waals surface area contributed by atoms with Gasteiger partial charge in [-0.1, -0.05) is 12.1 Å². The predicted molar refractivity (Wildman–Crippen MR) is 65.7 cm³/mol. The molecule has 3 N–H and O–H groups in total. The van der Waals surface area contributed by atoms with Crippen molar-refractivity contribution in [2.75, 3.05) is 5.73 Å². The molecule has 0 amide bonds. The second-order valence-electron chi connectivity index (χ2n) is 3.53. The predicted octanol–water partition coefficient (Wildman–Crippen LogP) is 2.76. The third-order valence-corrected chi connectivity index (χ3v) is 3.15. The smallest absolute Gasteiger partial charge is 0.129 e. The molecule has 0 aliphatic carbocycles. The summed E-state index contributed by atoms with van der Waals surface area (Å²) >= 11 is 1.69. The molecular formula is C12H13FN2S. The van der Waals surface area contributed by atoms with Gasteiger partial charge in [-0.3, -0.25) is 0 Å². The topological polar surface area (TPSA) is 38.0 Å². The molecule has 0 atom stereocenters. The fourth-order valence-corrected chi connectivity index (χ4v) is 2.11. The molecule has 1 heterocycles. The molecule has 0 unspecified atom stereocenters. The first-order valence-corrected chi connectivity index (χ1v) is 5.90. The minimum Gasteiger partial charge on any atom is -0.399 e. The quantitative estimate of drug-likeness (QED) is 0.801. The molecule has 0 saturated heterocycles. The Morgan fingerprint density at radius 3 is 2.81 bits per heavy atom. The van der Waals surface area contributed by atoms with Gasteiger partial charge in [0.15, 0.2) is 0 Å². The second kappa shape index (κ2) is 5.09. The van der Waals surface area contributed by atoms with Crippen molar-refractivity contribution in [1.29, 1.82) is 0 Å². The van der Waals surface area contributed by atoms with Crippen LogP contribution in [0.25, 0.3) is 0 Å². The molecule has 2 rings (SSSR count). The zero-order chi connectivity index (χ0) is 11.4. The summed E-state index contributed by atoms with van der Waals surface area (Å²) in [6, 6.07) is 8.84. The lowest BCUT2D eigenvalue weighted by Gasteiger charge is -2.05. The van der Waals surface area contributed by atoms with Gasteiger partial charge in [0, 0.05) is 29.2 Å². The molecule has 84 valence electrons. The molecule has 0 spiro atoms. The highest BCUT2D eigenvalue weighted by atomic mass is 32.1. The molecular weight excluding hydrogens is 223 g/mol. The number of thiophene rings is 1. The molecule has 0 bridgehead atoms. The van der Waals surface area contributed by atoms with E-state index in [-0.39, 0.29) is 5.82 Å². The standard InChI is InChI=1S/C12H13FN2S/c13-12-6-10(14)4-3-9(12)7-15-8-11-2-1-5-16-11/h1-6,15H,7-8,14H2. The Labute approximate surface area is 97.9 Å². The van der Waals surface area contributed by atoms with E-state index in [0.717, 1.165) is 6.54 Å². The summed E-state index contributed by atoms with van der Waals surface area (Å²) in [7, 11) is 0. The van der Waals surface area contributed by atoms with Crippen LogP contribution in [0.4, 0.5) is 10.1 Å². The maximum absolute atomic E-state index is 13.4. The van der Waals surface area contributed by atoms with Crippen molar-refractivity contribution < 1.29 is 4.39 Å². The Morgan fingerprint density at radius 2 is 2.12 bits per heavy atom. The fraction of sp³-hybridized carbons (Fsp3) is 0.167. The van der Waals surface area contributed by atoms with Crippen molar-refractivity contribution in [2.24, 2.45) is 0 Å². The Kier molecular flexibility index (Phi) is 3.54. The zero-order valence-electron chi connectivity index (χ0n) is 8.74. The zero-order valence-corrected chi connectivity index (χ0v) is 9.56. The van der Waals surface area contributed by atoms with Gasteiger partial charge in [-0.05, 0) is 23.6 Å². The summed E-state index contributed by atoms with van der Waals surface area (Å²) in [5.41, 5.74) is 6.58. The molecule has 2 nitrogen and oxygen atoms in total.